The molecule has 0 aromatic heterocycles. The minimum Gasteiger partial charge on any atom is -0.496 e. The van der Waals surface area contributed by atoms with Gasteiger partial charge in [-0.25, -0.2) is 13.2 Å². The van der Waals surface area contributed by atoms with E-state index >= 15 is 0 Å². The van der Waals surface area contributed by atoms with Gasteiger partial charge in [-0.15, -0.1) is 0 Å². The van der Waals surface area contributed by atoms with Crippen molar-refractivity contribution in [3.05, 3.63) is 59.7 Å². The van der Waals surface area contributed by atoms with E-state index in [1.165, 1.54) is 28.6 Å². The number of sulfonamides is 1. The number of benzene rings is 2. The lowest BCUT2D eigenvalue weighted by atomic mass is 10.2. The molecule has 9 heteroatoms. The molecule has 1 saturated heterocycles. The van der Waals surface area contributed by atoms with Gasteiger partial charge < -0.3 is 14.8 Å². The lowest BCUT2D eigenvalue weighted by Gasteiger charge is -2.20. The van der Waals surface area contributed by atoms with Gasteiger partial charge in [0, 0.05) is 25.2 Å². The first-order valence-corrected chi connectivity index (χ1v) is 12.0. The van der Waals surface area contributed by atoms with Crippen LogP contribution in [0.25, 0.3) is 0 Å². The van der Waals surface area contributed by atoms with Crippen molar-refractivity contribution in [2.75, 3.05) is 26.8 Å². The minimum absolute atomic E-state index is 0.144. The number of carbonyl (C=O) groups is 2. The second kappa shape index (κ2) is 11.1. The van der Waals surface area contributed by atoms with Gasteiger partial charge in [-0.1, -0.05) is 31.0 Å². The lowest BCUT2D eigenvalue weighted by Crippen LogP contribution is -2.32. The van der Waals surface area contributed by atoms with Crippen LogP contribution in [0.15, 0.2) is 53.4 Å². The van der Waals surface area contributed by atoms with Crippen molar-refractivity contribution >= 4 is 21.9 Å². The van der Waals surface area contributed by atoms with E-state index in [9.17, 15) is 18.0 Å². The maximum Gasteiger partial charge on any atom is 0.338 e. The van der Waals surface area contributed by atoms with Crippen molar-refractivity contribution < 1.29 is 27.5 Å². The molecule has 0 bridgehead atoms. The molecule has 0 radical (unpaired) electrons. The molecule has 1 N–H and O–H groups in total. The van der Waals surface area contributed by atoms with Gasteiger partial charge >= 0.3 is 5.97 Å². The Bertz CT molecular complexity index is 1030. The molecule has 32 heavy (non-hydrogen) atoms. The molecule has 1 amide bonds. The number of esters is 1. The number of hydrogen-bond acceptors (Lipinski definition) is 6. The van der Waals surface area contributed by atoms with Crippen molar-refractivity contribution in [3.8, 4) is 5.75 Å². The third-order valence-corrected chi connectivity index (χ3v) is 7.21. The van der Waals surface area contributed by atoms with Gasteiger partial charge in [0.1, 0.15) is 5.75 Å². The highest BCUT2D eigenvalue weighted by Crippen LogP contribution is 2.21. The Morgan fingerprint density at radius 1 is 0.969 bits per heavy atom. The van der Waals surface area contributed by atoms with E-state index in [4.69, 9.17) is 9.47 Å². The zero-order chi connectivity index (χ0) is 23.0. The predicted octanol–water partition coefficient (Wildman–Crippen LogP) is 2.73. The van der Waals surface area contributed by atoms with Gasteiger partial charge in [0.2, 0.25) is 10.0 Å². The molecule has 2 aromatic rings. The second-order valence-electron chi connectivity index (χ2n) is 7.51. The number of nitrogens with one attached hydrogen (secondary N) is 1. The van der Waals surface area contributed by atoms with E-state index < -0.39 is 28.5 Å². The van der Waals surface area contributed by atoms with Crippen LogP contribution < -0.4 is 10.1 Å². The molecule has 0 spiro atoms. The van der Waals surface area contributed by atoms with Gasteiger partial charge in [0.15, 0.2) is 6.61 Å². The molecule has 172 valence electrons. The fourth-order valence-corrected chi connectivity index (χ4v) is 5.02. The zero-order valence-electron chi connectivity index (χ0n) is 18.1. The summed E-state index contributed by atoms with van der Waals surface area (Å²) in [5.74, 6) is -0.499. The summed E-state index contributed by atoms with van der Waals surface area (Å²) in [6.45, 7) is 0.817. The quantitative estimate of drug-likeness (QED) is 0.608. The van der Waals surface area contributed by atoms with Crippen LogP contribution in [0.4, 0.5) is 0 Å². The van der Waals surface area contributed by atoms with Crippen molar-refractivity contribution in [2.24, 2.45) is 0 Å². The molecular formula is C23H28N2O6S. The highest BCUT2D eigenvalue weighted by atomic mass is 32.2. The fourth-order valence-electron chi connectivity index (χ4n) is 3.50. The SMILES string of the molecule is COc1ccccc1CNC(=O)COC(=O)c1ccc(S(=O)(=O)N2CCCCCC2)cc1. The summed E-state index contributed by atoms with van der Waals surface area (Å²) in [6.07, 6.45) is 3.76. The van der Waals surface area contributed by atoms with Crippen LogP contribution in [0.3, 0.4) is 0 Å². The Morgan fingerprint density at radius 2 is 1.62 bits per heavy atom. The maximum absolute atomic E-state index is 12.8. The number of hydrogen-bond donors (Lipinski definition) is 1. The van der Waals surface area contributed by atoms with Gasteiger partial charge in [-0.05, 0) is 43.2 Å². The zero-order valence-corrected chi connectivity index (χ0v) is 18.9. The number of para-hydroxylation sites is 1. The summed E-state index contributed by atoms with van der Waals surface area (Å²) >= 11 is 0. The molecule has 2 aromatic carbocycles. The molecular weight excluding hydrogens is 432 g/mol. The van der Waals surface area contributed by atoms with Crippen molar-refractivity contribution in [3.63, 3.8) is 0 Å². The second-order valence-corrected chi connectivity index (χ2v) is 9.45. The number of amides is 1. The fraction of sp³-hybridized carbons (Fsp3) is 0.391. The monoisotopic (exact) mass is 460 g/mol. The topological polar surface area (TPSA) is 102 Å². The molecule has 1 aliphatic rings. The van der Waals surface area contributed by atoms with Crippen LogP contribution in [0.1, 0.15) is 41.6 Å². The molecule has 3 rings (SSSR count). The summed E-state index contributed by atoms with van der Waals surface area (Å²) in [4.78, 5) is 24.4. The highest BCUT2D eigenvalue weighted by molar-refractivity contribution is 7.89. The van der Waals surface area contributed by atoms with Crippen LogP contribution >= 0.6 is 0 Å². The first-order valence-electron chi connectivity index (χ1n) is 10.6. The summed E-state index contributed by atoms with van der Waals surface area (Å²) in [5.41, 5.74) is 0.980. The summed E-state index contributed by atoms with van der Waals surface area (Å²) in [6, 6.07) is 12.9. The molecule has 0 atom stereocenters. The number of nitrogens with zero attached hydrogens (tertiary/aromatic N) is 1. The average molecular weight is 461 g/mol. The molecule has 0 saturated carbocycles. The third kappa shape index (κ3) is 6.08. The van der Waals surface area contributed by atoms with E-state index in [1.807, 2.05) is 18.2 Å². The Hall–Kier alpha value is -2.91. The van der Waals surface area contributed by atoms with Gasteiger partial charge in [-0.2, -0.15) is 4.31 Å². The third-order valence-electron chi connectivity index (χ3n) is 5.30. The smallest absolute Gasteiger partial charge is 0.338 e. The Kier molecular flexibility index (Phi) is 8.24. The average Bonchev–Trinajstić information content (AvgIpc) is 3.11. The molecule has 1 heterocycles. The normalized spacial score (nSPS) is 14.9. The minimum atomic E-state index is -3.59. The lowest BCUT2D eigenvalue weighted by molar-refractivity contribution is -0.124. The van der Waals surface area contributed by atoms with Crippen LogP contribution in [-0.4, -0.2) is 51.4 Å². The van der Waals surface area contributed by atoms with E-state index in [1.54, 1.807) is 13.2 Å². The number of rotatable bonds is 8. The van der Waals surface area contributed by atoms with Gasteiger partial charge in [0.05, 0.1) is 17.6 Å². The number of methoxy groups -OCH3 is 1. The van der Waals surface area contributed by atoms with E-state index in [-0.39, 0.29) is 17.0 Å². The molecule has 0 aliphatic carbocycles. The number of carbonyl (C=O) groups excluding carboxylic acids is 2. The van der Waals surface area contributed by atoms with Crippen molar-refractivity contribution in [1.82, 2.24) is 9.62 Å². The van der Waals surface area contributed by atoms with E-state index in [2.05, 4.69) is 5.32 Å². The summed E-state index contributed by atoms with van der Waals surface area (Å²) in [7, 11) is -2.04. The molecule has 8 nitrogen and oxygen atoms in total. The maximum atomic E-state index is 12.8. The van der Waals surface area contributed by atoms with E-state index in [0.29, 0.717) is 18.8 Å². The van der Waals surface area contributed by atoms with E-state index in [0.717, 1.165) is 31.2 Å². The van der Waals surface area contributed by atoms with Gasteiger partial charge in [-0.3, -0.25) is 4.79 Å². The van der Waals surface area contributed by atoms with Crippen molar-refractivity contribution in [2.45, 2.75) is 37.1 Å². The Balaban J connectivity index is 1.52. The standard InChI is InChI=1S/C23H28N2O6S/c1-30-21-9-5-4-8-19(21)16-24-22(26)17-31-23(27)18-10-12-20(13-11-18)32(28,29)25-14-6-2-3-7-15-25/h4-5,8-13H,2-3,6-7,14-17H2,1H3,(H,24,26). The summed E-state index contributed by atoms with van der Waals surface area (Å²) < 4.78 is 37.4. The Morgan fingerprint density at radius 3 is 2.28 bits per heavy atom. The highest BCUT2D eigenvalue weighted by Gasteiger charge is 2.25. The Labute approximate surface area is 188 Å². The van der Waals surface area contributed by atoms with Gasteiger partial charge in [0.25, 0.3) is 5.91 Å². The van der Waals surface area contributed by atoms with Crippen LogP contribution in [0.5, 0.6) is 5.75 Å². The first-order chi connectivity index (χ1) is 15.4. The van der Waals surface area contributed by atoms with Crippen LogP contribution in [0.2, 0.25) is 0 Å². The summed E-state index contributed by atoms with van der Waals surface area (Å²) in [5, 5.41) is 2.67. The van der Waals surface area contributed by atoms with Crippen molar-refractivity contribution in [1.29, 1.82) is 0 Å². The molecule has 1 fully saturated rings. The first kappa shape index (κ1) is 23.7. The predicted molar refractivity (Wildman–Crippen MR) is 119 cm³/mol. The van der Waals surface area contributed by atoms with Crippen LogP contribution in [-0.2, 0) is 26.1 Å². The largest absolute Gasteiger partial charge is 0.496 e. The molecule has 1 aliphatic heterocycles. The number of ether oxygens (including phenoxy) is 2. The van der Waals surface area contributed by atoms with Crippen LogP contribution in [0, 0.1) is 0 Å². The molecule has 0 unspecified atom stereocenters.